The number of methoxy groups -OCH3 is 1. The van der Waals surface area contributed by atoms with Gasteiger partial charge in [-0.15, -0.1) is 0 Å². The number of para-hydroxylation sites is 2. The van der Waals surface area contributed by atoms with E-state index in [1.807, 2.05) is 31.3 Å². The van der Waals surface area contributed by atoms with Gasteiger partial charge in [0.2, 0.25) is 0 Å². The summed E-state index contributed by atoms with van der Waals surface area (Å²) in [6.07, 6.45) is 5.23. The number of aromatic nitrogens is 3. The zero-order valence-corrected chi connectivity index (χ0v) is 14.7. The molecule has 3 rings (SSSR count). The maximum Gasteiger partial charge on any atom is 0.258 e. The summed E-state index contributed by atoms with van der Waals surface area (Å²) in [6, 6.07) is 11.1. The Hall–Kier alpha value is -3.35. The number of ether oxygens (including phenoxy) is 2. The van der Waals surface area contributed by atoms with E-state index >= 15 is 0 Å². The molecule has 0 bridgehead atoms. The molecule has 2 heterocycles. The lowest BCUT2D eigenvalue weighted by Gasteiger charge is -2.11. The Balaban J connectivity index is 1.56. The van der Waals surface area contributed by atoms with Gasteiger partial charge >= 0.3 is 0 Å². The Kier molecular flexibility index (Phi) is 5.48. The minimum Gasteiger partial charge on any atom is -0.493 e. The molecule has 0 saturated heterocycles. The number of rotatable bonds is 7. The molecule has 0 aliphatic rings. The van der Waals surface area contributed by atoms with Crippen molar-refractivity contribution in [3.8, 4) is 22.8 Å². The fourth-order valence-corrected chi connectivity index (χ4v) is 2.51. The Morgan fingerprint density at radius 3 is 2.73 bits per heavy atom. The second-order valence-electron chi connectivity index (χ2n) is 5.64. The van der Waals surface area contributed by atoms with Crippen molar-refractivity contribution in [1.82, 2.24) is 20.1 Å². The lowest BCUT2D eigenvalue weighted by molar-refractivity contribution is -0.123. The number of carbonyl (C=O) groups excluding carboxylic acids is 1. The van der Waals surface area contributed by atoms with Gasteiger partial charge in [-0.1, -0.05) is 12.1 Å². The second-order valence-corrected chi connectivity index (χ2v) is 5.64. The van der Waals surface area contributed by atoms with Gasteiger partial charge in [-0.3, -0.25) is 14.5 Å². The number of pyridine rings is 1. The van der Waals surface area contributed by atoms with Crippen LogP contribution in [-0.4, -0.2) is 34.4 Å². The van der Waals surface area contributed by atoms with E-state index < -0.39 is 0 Å². The number of nitrogens with zero attached hydrogens (tertiary/aromatic N) is 3. The molecule has 26 heavy (non-hydrogen) atoms. The SMILES string of the molecule is COc1ccccc1OCC(=O)NCc1cncc(-c2ccnn2C)c1. The third kappa shape index (κ3) is 4.18. The first kappa shape index (κ1) is 17.5. The van der Waals surface area contributed by atoms with E-state index in [9.17, 15) is 4.79 Å². The molecule has 0 aliphatic carbocycles. The summed E-state index contributed by atoms with van der Waals surface area (Å²) in [7, 11) is 3.43. The van der Waals surface area contributed by atoms with Crippen LogP contribution in [-0.2, 0) is 18.4 Å². The molecule has 0 spiro atoms. The molecule has 7 heteroatoms. The minimum atomic E-state index is -0.221. The molecule has 2 aromatic heterocycles. The average molecular weight is 352 g/mol. The molecule has 0 aliphatic heterocycles. The smallest absolute Gasteiger partial charge is 0.258 e. The van der Waals surface area contributed by atoms with E-state index in [1.165, 1.54) is 0 Å². The highest BCUT2D eigenvalue weighted by molar-refractivity contribution is 5.77. The van der Waals surface area contributed by atoms with Crippen molar-refractivity contribution in [2.45, 2.75) is 6.54 Å². The third-order valence-corrected chi connectivity index (χ3v) is 3.83. The number of nitrogens with one attached hydrogen (secondary N) is 1. The molecule has 1 amide bonds. The largest absolute Gasteiger partial charge is 0.493 e. The second kappa shape index (κ2) is 8.15. The lowest BCUT2D eigenvalue weighted by Crippen LogP contribution is -2.28. The first-order chi connectivity index (χ1) is 12.7. The molecule has 134 valence electrons. The molecule has 3 aromatic rings. The summed E-state index contributed by atoms with van der Waals surface area (Å²) >= 11 is 0. The van der Waals surface area contributed by atoms with E-state index in [1.54, 1.807) is 42.5 Å². The number of hydrogen-bond acceptors (Lipinski definition) is 5. The van der Waals surface area contributed by atoms with Gasteiger partial charge in [-0.2, -0.15) is 5.10 Å². The van der Waals surface area contributed by atoms with Crippen LogP contribution in [0.2, 0.25) is 0 Å². The van der Waals surface area contributed by atoms with Gasteiger partial charge in [0.05, 0.1) is 12.8 Å². The fraction of sp³-hybridized carbons (Fsp3) is 0.211. The number of hydrogen-bond donors (Lipinski definition) is 1. The van der Waals surface area contributed by atoms with E-state index in [0.717, 1.165) is 16.8 Å². The van der Waals surface area contributed by atoms with Crippen LogP contribution in [0, 0.1) is 0 Å². The number of aryl methyl sites for hydroxylation is 1. The van der Waals surface area contributed by atoms with Crippen LogP contribution in [0.1, 0.15) is 5.56 Å². The average Bonchev–Trinajstić information content (AvgIpc) is 3.11. The van der Waals surface area contributed by atoms with Crippen LogP contribution in [0.5, 0.6) is 11.5 Å². The molecule has 1 aromatic carbocycles. The molecule has 0 radical (unpaired) electrons. The van der Waals surface area contributed by atoms with Crippen LogP contribution in [0.4, 0.5) is 0 Å². The van der Waals surface area contributed by atoms with Gasteiger partial charge in [0, 0.05) is 37.7 Å². The number of benzene rings is 1. The van der Waals surface area contributed by atoms with Gasteiger partial charge in [0.25, 0.3) is 5.91 Å². The van der Waals surface area contributed by atoms with Gasteiger partial charge < -0.3 is 14.8 Å². The first-order valence-corrected chi connectivity index (χ1v) is 8.12. The van der Waals surface area contributed by atoms with Crippen molar-refractivity contribution in [3.05, 3.63) is 60.6 Å². The van der Waals surface area contributed by atoms with Gasteiger partial charge in [-0.05, 0) is 29.8 Å². The van der Waals surface area contributed by atoms with Crippen LogP contribution in [0.15, 0.2) is 55.0 Å². The first-order valence-electron chi connectivity index (χ1n) is 8.12. The molecular formula is C19H20N4O3. The van der Waals surface area contributed by atoms with Gasteiger partial charge in [0.15, 0.2) is 18.1 Å². The summed E-state index contributed by atoms with van der Waals surface area (Å²) in [5.41, 5.74) is 2.81. The Morgan fingerprint density at radius 1 is 1.19 bits per heavy atom. The highest BCUT2D eigenvalue weighted by atomic mass is 16.5. The van der Waals surface area contributed by atoms with Crippen molar-refractivity contribution in [3.63, 3.8) is 0 Å². The molecule has 0 unspecified atom stereocenters. The highest BCUT2D eigenvalue weighted by Crippen LogP contribution is 2.25. The lowest BCUT2D eigenvalue weighted by atomic mass is 10.1. The van der Waals surface area contributed by atoms with Crippen molar-refractivity contribution >= 4 is 5.91 Å². The van der Waals surface area contributed by atoms with Crippen LogP contribution >= 0.6 is 0 Å². The fourth-order valence-electron chi connectivity index (χ4n) is 2.51. The summed E-state index contributed by atoms with van der Waals surface area (Å²) in [6.45, 7) is 0.280. The molecule has 7 nitrogen and oxygen atoms in total. The van der Waals surface area contributed by atoms with Gasteiger partial charge in [0.1, 0.15) is 0 Å². The Bertz CT molecular complexity index is 892. The van der Waals surface area contributed by atoms with Crippen LogP contribution in [0.3, 0.4) is 0 Å². The number of carbonyl (C=O) groups is 1. The normalized spacial score (nSPS) is 10.4. The van der Waals surface area contributed by atoms with E-state index in [0.29, 0.717) is 18.0 Å². The Morgan fingerprint density at radius 2 is 2.00 bits per heavy atom. The standard InChI is InChI=1S/C19H20N4O3/c1-23-16(7-8-22-23)15-9-14(10-20-12-15)11-21-19(24)13-26-18-6-4-3-5-17(18)25-2/h3-10,12H,11,13H2,1-2H3,(H,21,24). The van der Waals surface area contributed by atoms with Crippen LogP contribution < -0.4 is 14.8 Å². The third-order valence-electron chi connectivity index (χ3n) is 3.83. The quantitative estimate of drug-likeness (QED) is 0.705. The number of amides is 1. The summed E-state index contributed by atoms with van der Waals surface area (Å²) in [4.78, 5) is 16.3. The van der Waals surface area contributed by atoms with Gasteiger partial charge in [-0.25, -0.2) is 0 Å². The highest BCUT2D eigenvalue weighted by Gasteiger charge is 2.08. The maximum atomic E-state index is 12.0. The zero-order chi connectivity index (χ0) is 18.4. The summed E-state index contributed by atoms with van der Waals surface area (Å²) in [5.74, 6) is 0.903. The van der Waals surface area contributed by atoms with Crippen molar-refractivity contribution in [1.29, 1.82) is 0 Å². The monoisotopic (exact) mass is 352 g/mol. The predicted molar refractivity (Wildman–Crippen MR) is 96.8 cm³/mol. The maximum absolute atomic E-state index is 12.0. The van der Waals surface area contributed by atoms with Crippen molar-refractivity contribution in [2.24, 2.45) is 7.05 Å². The topological polar surface area (TPSA) is 78.3 Å². The molecule has 1 N–H and O–H groups in total. The van der Waals surface area contributed by atoms with Crippen molar-refractivity contribution in [2.75, 3.05) is 13.7 Å². The van der Waals surface area contributed by atoms with Crippen LogP contribution in [0.25, 0.3) is 11.3 Å². The van der Waals surface area contributed by atoms with Crippen molar-refractivity contribution < 1.29 is 14.3 Å². The van der Waals surface area contributed by atoms with E-state index in [-0.39, 0.29) is 12.5 Å². The van der Waals surface area contributed by atoms with E-state index in [4.69, 9.17) is 9.47 Å². The summed E-state index contributed by atoms with van der Waals surface area (Å²) in [5, 5.41) is 6.98. The molecular weight excluding hydrogens is 332 g/mol. The summed E-state index contributed by atoms with van der Waals surface area (Å²) < 4.78 is 12.5. The Labute approximate surface area is 151 Å². The molecule has 0 fully saturated rings. The molecule has 0 atom stereocenters. The molecule has 0 saturated carbocycles. The minimum absolute atomic E-state index is 0.0881. The zero-order valence-electron chi connectivity index (χ0n) is 14.7. The van der Waals surface area contributed by atoms with E-state index in [2.05, 4.69) is 15.4 Å². The predicted octanol–water partition coefficient (Wildman–Crippen LogP) is 2.19.